The van der Waals surface area contributed by atoms with Gasteiger partial charge in [-0.25, -0.2) is 8.42 Å². The highest BCUT2D eigenvalue weighted by molar-refractivity contribution is 8.08. The van der Waals surface area contributed by atoms with Crippen molar-refractivity contribution in [3.05, 3.63) is 58.6 Å². The molecule has 25 heavy (non-hydrogen) atoms. The van der Waals surface area contributed by atoms with Gasteiger partial charge in [-0.1, -0.05) is 64.6 Å². The van der Waals surface area contributed by atoms with Crippen LogP contribution in [0.3, 0.4) is 0 Å². The van der Waals surface area contributed by atoms with E-state index < -0.39 is 25.5 Å². The van der Waals surface area contributed by atoms with Gasteiger partial charge in [0.05, 0.1) is 20.6 Å². The molecular weight excluding hydrogens is 430 g/mol. The molecule has 0 aliphatic carbocycles. The Morgan fingerprint density at radius 1 is 1.00 bits per heavy atom. The van der Waals surface area contributed by atoms with Crippen LogP contribution in [0.25, 0.3) is 0 Å². The molecule has 0 bridgehead atoms. The topological polar surface area (TPSA) is 75.6 Å². The van der Waals surface area contributed by atoms with Gasteiger partial charge in [0.2, 0.25) is 20.7 Å². The van der Waals surface area contributed by atoms with E-state index >= 15 is 0 Å². The summed E-state index contributed by atoms with van der Waals surface area (Å²) < 4.78 is 25.3. The molecule has 0 heterocycles. The fraction of sp³-hybridized carbons (Fsp3) is 0.0667. The highest BCUT2D eigenvalue weighted by Gasteiger charge is 2.32. The number of carbonyl (C=O) groups is 1. The van der Waals surface area contributed by atoms with Gasteiger partial charge in [0, 0.05) is 0 Å². The third-order valence-corrected chi connectivity index (χ3v) is 5.75. The zero-order valence-corrected chi connectivity index (χ0v) is 16.1. The highest BCUT2D eigenvalue weighted by atomic mass is 35.5. The van der Waals surface area contributed by atoms with Gasteiger partial charge < -0.3 is 0 Å². The first-order valence-electron chi connectivity index (χ1n) is 6.64. The van der Waals surface area contributed by atoms with Crippen LogP contribution < -0.4 is 5.43 Å². The fourth-order valence-electron chi connectivity index (χ4n) is 1.73. The number of sulfone groups is 1. The van der Waals surface area contributed by atoms with Gasteiger partial charge in [0.15, 0.2) is 4.84 Å². The van der Waals surface area contributed by atoms with E-state index in [1.165, 1.54) is 42.5 Å². The molecule has 0 unspecified atom stereocenters. The number of anilines is 1. The summed E-state index contributed by atoms with van der Waals surface area (Å²) in [6.07, 6.45) is 0. The van der Waals surface area contributed by atoms with E-state index in [1.807, 2.05) is 0 Å². The Bertz CT molecular complexity index is 916. The van der Waals surface area contributed by atoms with Crippen LogP contribution in [0.2, 0.25) is 10.0 Å². The Kier molecular flexibility index (Phi) is 6.71. The zero-order chi connectivity index (χ0) is 18.6. The lowest BCUT2D eigenvalue weighted by atomic mass is 10.3. The number of nitrogens with zero attached hydrogens (tertiary/aromatic N) is 1. The van der Waals surface area contributed by atoms with Crippen molar-refractivity contribution < 1.29 is 13.2 Å². The maximum absolute atomic E-state index is 12.7. The van der Waals surface area contributed by atoms with E-state index in [4.69, 9.17) is 46.4 Å². The van der Waals surface area contributed by atoms with E-state index in [9.17, 15) is 13.2 Å². The summed E-state index contributed by atoms with van der Waals surface area (Å²) in [6, 6.07) is 11.7. The van der Waals surface area contributed by atoms with Crippen molar-refractivity contribution in [1.29, 1.82) is 0 Å². The third-order valence-electron chi connectivity index (χ3n) is 2.92. The molecule has 0 saturated heterocycles. The Labute approximate surface area is 164 Å². The van der Waals surface area contributed by atoms with Crippen LogP contribution in [0.5, 0.6) is 0 Å². The summed E-state index contributed by atoms with van der Waals surface area (Å²) in [5, 5.41) is 3.41. The monoisotopic (exact) mass is 438 g/mol. The van der Waals surface area contributed by atoms with Gasteiger partial charge >= 0.3 is 0 Å². The van der Waals surface area contributed by atoms with Crippen molar-refractivity contribution in [2.24, 2.45) is 5.10 Å². The Balaban J connectivity index is 2.46. The second kappa shape index (κ2) is 8.38. The molecule has 0 fully saturated rings. The van der Waals surface area contributed by atoms with Gasteiger partial charge in [-0.15, -0.1) is 0 Å². The van der Waals surface area contributed by atoms with Crippen LogP contribution in [0.4, 0.5) is 5.69 Å². The van der Waals surface area contributed by atoms with E-state index in [-0.39, 0.29) is 9.92 Å². The average molecular weight is 440 g/mol. The van der Waals surface area contributed by atoms with Crippen LogP contribution in [-0.4, -0.2) is 24.1 Å². The van der Waals surface area contributed by atoms with Crippen LogP contribution in [0, 0.1) is 0 Å². The minimum absolute atomic E-state index is 0.118. The van der Waals surface area contributed by atoms with Crippen molar-refractivity contribution in [3.8, 4) is 0 Å². The van der Waals surface area contributed by atoms with Gasteiger partial charge in [-0.3, -0.25) is 10.2 Å². The second-order valence-electron chi connectivity index (χ2n) is 4.64. The largest absolute Gasteiger partial charge is 0.288 e. The molecular formula is C15H10Cl4N2O3S. The number of rotatable bonds is 5. The lowest BCUT2D eigenvalue weighted by Gasteiger charge is -2.09. The van der Waals surface area contributed by atoms with Crippen molar-refractivity contribution in [1.82, 2.24) is 0 Å². The SMILES string of the molecule is O=C(/C(=N\Nc1ccc(Cl)c(Cl)c1)S(=O)(=O)c1ccccc1)C(Cl)Cl. The summed E-state index contributed by atoms with van der Waals surface area (Å²) in [4.78, 5) is 10.4. The number of hydrogen-bond acceptors (Lipinski definition) is 5. The smallest absolute Gasteiger partial charge is 0.229 e. The number of Topliss-reactive ketones (excluding diaryl/α,β-unsaturated/α-hetero) is 1. The molecule has 1 N–H and O–H groups in total. The van der Waals surface area contributed by atoms with Crippen LogP contribution in [0.1, 0.15) is 0 Å². The lowest BCUT2D eigenvalue weighted by molar-refractivity contribution is -0.111. The molecule has 132 valence electrons. The van der Waals surface area contributed by atoms with Gasteiger partial charge in [0.1, 0.15) is 0 Å². The van der Waals surface area contributed by atoms with Crippen LogP contribution in [-0.2, 0) is 14.6 Å². The molecule has 0 saturated carbocycles. The molecule has 0 aromatic heterocycles. The predicted octanol–water partition coefficient (Wildman–Crippen LogP) is 4.57. The molecule has 5 nitrogen and oxygen atoms in total. The predicted molar refractivity (Wildman–Crippen MR) is 102 cm³/mol. The molecule has 10 heteroatoms. The summed E-state index contributed by atoms with van der Waals surface area (Å²) in [6.45, 7) is 0. The van der Waals surface area contributed by atoms with Crippen molar-refractivity contribution >= 4 is 72.8 Å². The first kappa shape index (κ1) is 20.0. The van der Waals surface area contributed by atoms with E-state index in [2.05, 4.69) is 10.5 Å². The van der Waals surface area contributed by atoms with Gasteiger partial charge in [0.25, 0.3) is 0 Å². The second-order valence-corrected chi connectivity index (χ2v) is 8.41. The molecule has 0 radical (unpaired) electrons. The molecule has 0 aliphatic heterocycles. The van der Waals surface area contributed by atoms with E-state index in [1.54, 1.807) is 6.07 Å². The Morgan fingerprint density at radius 3 is 2.20 bits per heavy atom. The normalized spacial score (nSPS) is 12.3. The molecule has 2 aromatic carbocycles. The molecule has 2 rings (SSSR count). The molecule has 0 spiro atoms. The van der Waals surface area contributed by atoms with Crippen molar-refractivity contribution in [2.45, 2.75) is 9.73 Å². The Morgan fingerprint density at radius 2 is 1.64 bits per heavy atom. The van der Waals surface area contributed by atoms with E-state index in [0.717, 1.165) is 0 Å². The average Bonchev–Trinajstić information content (AvgIpc) is 2.58. The molecule has 0 atom stereocenters. The lowest BCUT2D eigenvalue weighted by Crippen LogP contribution is -2.30. The van der Waals surface area contributed by atoms with Crippen LogP contribution in [0.15, 0.2) is 58.5 Å². The number of hydrazone groups is 1. The number of hydrogen-bond donors (Lipinski definition) is 1. The number of halogens is 4. The Hall–Kier alpha value is -1.31. The van der Waals surface area contributed by atoms with Crippen molar-refractivity contribution in [3.63, 3.8) is 0 Å². The number of alkyl halides is 2. The standard InChI is InChI=1S/C15H10Cl4N2O3S/c16-11-7-6-9(8-12(11)17)20-21-15(13(22)14(18)19)25(23,24)10-4-2-1-3-5-10/h1-8,14,20H/b21-15+. The van der Waals surface area contributed by atoms with Crippen LogP contribution >= 0.6 is 46.4 Å². The summed E-state index contributed by atoms with van der Waals surface area (Å²) in [5.74, 6) is -1.06. The van der Waals surface area contributed by atoms with Gasteiger partial charge in [-0.05, 0) is 30.3 Å². The minimum Gasteiger partial charge on any atom is -0.288 e. The fourth-order valence-corrected chi connectivity index (χ4v) is 3.65. The number of benzene rings is 2. The maximum Gasteiger partial charge on any atom is 0.229 e. The number of ketones is 1. The first-order chi connectivity index (χ1) is 11.7. The molecule has 0 amide bonds. The van der Waals surface area contributed by atoms with Gasteiger partial charge in [-0.2, -0.15) is 5.10 Å². The maximum atomic E-state index is 12.7. The summed E-state index contributed by atoms with van der Waals surface area (Å²) in [7, 11) is -4.22. The first-order valence-corrected chi connectivity index (χ1v) is 9.76. The summed E-state index contributed by atoms with van der Waals surface area (Å²) in [5.41, 5.74) is 2.77. The number of nitrogens with one attached hydrogen (secondary N) is 1. The van der Waals surface area contributed by atoms with E-state index in [0.29, 0.717) is 10.7 Å². The molecule has 2 aromatic rings. The molecule has 0 aliphatic rings. The highest BCUT2D eigenvalue weighted by Crippen LogP contribution is 2.25. The number of carbonyl (C=O) groups excluding carboxylic acids is 1. The quantitative estimate of drug-likeness (QED) is 0.320. The zero-order valence-electron chi connectivity index (χ0n) is 12.3. The minimum atomic E-state index is -4.22. The van der Waals surface area contributed by atoms with Crippen molar-refractivity contribution in [2.75, 3.05) is 5.43 Å². The summed E-state index contributed by atoms with van der Waals surface area (Å²) >= 11 is 22.8. The third kappa shape index (κ3) is 4.86.